The molecule has 0 atom stereocenters. The fourth-order valence-corrected chi connectivity index (χ4v) is 2.60. The Bertz CT molecular complexity index is 1010. The lowest BCUT2D eigenvalue weighted by Crippen LogP contribution is -2.26. The van der Waals surface area contributed by atoms with E-state index in [1.165, 1.54) is 19.2 Å². The number of aliphatic carboxylic acids is 1. The third-order valence-electron chi connectivity index (χ3n) is 4.13. The van der Waals surface area contributed by atoms with Crippen molar-refractivity contribution in [2.75, 3.05) is 20.3 Å². The van der Waals surface area contributed by atoms with Crippen LogP contribution in [0.3, 0.4) is 0 Å². The predicted octanol–water partition coefficient (Wildman–Crippen LogP) is 0.797. The number of nitrogen functional groups attached to an aromatic ring is 1. The standard InChI is InChI=1S/C21H24N4O6/c1-12-5-15(7-16(6-12)30-11-19(27)28)21(29)25-9-14-4-3-13(20(22)23)8-17(14)31-10-18(26)24-2/h3-8H,9-11H2,1-2H3,(H3,22,23)(H,24,26)(H,25,29)(H,27,28). The second kappa shape index (κ2) is 10.6. The molecule has 0 aromatic heterocycles. The molecule has 0 unspecified atom stereocenters. The lowest BCUT2D eigenvalue weighted by atomic mass is 10.1. The zero-order chi connectivity index (χ0) is 23.0. The SMILES string of the molecule is CNC(=O)COc1cc(C(=N)N)ccc1CNC(=O)c1cc(C)cc(OCC(=O)O)c1. The van der Waals surface area contributed by atoms with E-state index in [2.05, 4.69) is 10.6 Å². The van der Waals surface area contributed by atoms with E-state index in [9.17, 15) is 14.4 Å². The number of carboxylic acid groups (broad SMARTS) is 1. The summed E-state index contributed by atoms with van der Waals surface area (Å²) in [4.78, 5) is 34.8. The quantitative estimate of drug-likeness (QED) is 0.276. The molecule has 2 aromatic carbocycles. The summed E-state index contributed by atoms with van der Waals surface area (Å²) in [5, 5.41) is 21.5. The zero-order valence-corrected chi connectivity index (χ0v) is 17.2. The molecule has 164 valence electrons. The first-order valence-electron chi connectivity index (χ1n) is 9.24. The maximum atomic E-state index is 12.6. The molecule has 6 N–H and O–H groups in total. The van der Waals surface area contributed by atoms with Gasteiger partial charge in [0.15, 0.2) is 13.2 Å². The summed E-state index contributed by atoms with van der Waals surface area (Å²) in [5.41, 5.74) is 7.54. The number of ether oxygens (including phenoxy) is 2. The summed E-state index contributed by atoms with van der Waals surface area (Å²) in [5.74, 6) is -1.44. The van der Waals surface area contributed by atoms with Gasteiger partial charge in [-0.05, 0) is 36.8 Å². The normalized spacial score (nSPS) is 10.1. The van der Waals surface area contributed by atoms with E-state index in [1.54, 1.807) is 31.2 Å². The minimum absolute atomic E-state index is 0.0827. The summed E-state index contributed by atoms with van der Waals surface area (Å²) >= 11 is 0. The molecule has 0 radical (unpaired) electrons. The van der Waals surface area contributed by atoms with Crippen molar-refractivity contribution in [3.05, 3.63) is 58.7 Å². The van der Waals surface area contributed by atoms with Crippen LogP contribution in [0.4, 0.5) is 0 Å². The number of hydrogen-bond donors (Lipinski definition) is 5. The highest BCUT2D eigenvalue weighted by Gasteiger charge is 2.13. The third-order valence-corrected chi connectivity index (χ3v) is 4.13. The highest BCUT2D eigenvalue weighted by Crippen LogP contribution is 2.21. The van der Waals surface area contributed by atoms with Crippen molar-refractivity contribution < 1.29 is 29.0 Å². The van der Waals surface area contributed by atoms with Crippen molar-refractivity contribution in [3.63, 3.8) is 0 Å². The van der Waals surface area contributed by atoms with Crippen LogP contribution in [0.25, 0.3) is 0 Å². The maximum absolute atomic E-state index is 12.6. The Morgan fingerprint density at radius 3 is 2.45 bits per heavy atom. The number of carbonyl (C=O) groups is 3. The number of hydrogen-bond acceptors (Lipinski definition) is 6. The molecule has 0 fully saturated rings. The number of nitrogens with one attached hydrogen (secondary N) is 3. The van der Waals surface area contributed by atoms with Crippen LogP contribution in [0.1, 0.15) is 27.0 Å². The van der Waals surface area contributed by atoms with Crippen LogP contribution in [0, 0.1) is 12.3 Å². The van der Waals surface area contributed by atoms with Crippen LogP contribution in [-0.4, -0.2) is 49.0 Å². The van der Waals surface area contributed by atoms with Crippen LogP contribution in [-0.2, 0) is 16.1 Å². The molecule has 0 aliphatic rings. The number of carbonyl (C=O) groups excluding carboxylic acids is 2. The number of amides is 2. The van der Waals surface area contributed by atoms with E-state index < -0.39 is 18.5 Å². The average Bonchev–Trinajstić information content (AvgIpc) is 2.73. The summed E-state index contributed by atoms with van der Waals surface area (Å²) in [6, 6.07) is 9.51. The molecule has 0 saturated carbocycles. The number of amidine groups is 1. The van der Waals surface area contributed by atoms with Crippen LogP contribution in [0.5, 0.6) is 11.5 Å². The smallest absolute Gasteiger partial charge is 0.341 e. The molecule has 0 heterocycles. The third kappa shape index (κ3) is 7.03. The van der Waals surface area contributed by atoms with Crippen LogP contribution >= 0.6 is 0 Å². The fourth-order valence-electron chi connectivity index (χ4n) is 2.60. The fraction of sp³-hybridized carbons (Fsp3) is 0.238. The van der Waals surface area contributed by atoms with Gasteiger partial charge in [-0.25, -0.2) is 4.79 Å². The second-order valence-corrected chi connectivity index (χ2v) is 6.60. The molecular formula is C21H24N4O6. The van der Waals surface area contributed by atoms with Gasteiger partial charge in [-0.3, -0.25) is 15.0 Å². The van der Waals surface area contributed by atoms with Gasteiger partial charge in [0.2, 0.25) is 0 Å². The number of nitrogens with two attached hydrogens (primary N) is 1. The van der Waals surface area contributed by atoms with Crippen LogP contribution in [0.2, 0.25) is 0 Å². The van der Waals surface area contributed by atoms with Crippen LogP contribution < -0.4 is 25.8 Å². The van der Waals surface area contributed by atoms with Gasteiger partial charge < -0.3 is 30.9 Å². The van der Waals surface area contributed by atoms with Gasteiger partial charge in [0.25, 0.3) is 11.8 Å². The maximum Gasteiger partial charge on any atom is 0.341 e. The monoisotopic (exact) mass is 428 g/mol. The molecular weight excluding hydrogens is 404 g/mol. The molecule has 10 nitrogen and oxygen atoms in total. The predicted molar refractivity (Wildman–Crippen MR) is 112 cm³/mol. The van der Waals surface area contributed by atoms with Crippen molar-refractivity contribution in [2.24, 2.45) is 5.73 Å². The zero-order valence-electron chi connectivity index (χ0n) is 17.2. The average molecular weight is 428 g/mol. The van der Waals surface area contributed by atoms with Gasteiger partial charge in [0.05, 0.1) is 0 Å². The van der Waals surface area contributed by atoms with E-state index >= 15 is 0 Å². The van der Waals surface area contributed by atoms with Crippen LogP contribution in [0.15, 0.2) is 36.4 Å². The molecule has 10 heteroatoms. The minimum Gasteiger partial charge on any atom is -0.483 e. The van der Waals surface area contributed by atoms with Crippen molar-refractivity contribution in [1.82, 2.24) is 10.6 Å². The number of carboxylic acids is 1. The Morgan fingerprint density at radius 2 is 1.81 bits per heavy atom. The highest BCUT2D eigenvalue weighted by molar-refractivity contribution is 5.96. The van der Waals surface area contributed by atoms with E-state index in [0.717, 1.165) is 5.56 Å². The first-order valence-corrected chi connectivity index (χ1v) is 9.24. The van der Waals surface area contributed by atoms with Gasteiger partial charge in [0.1, 0.15) is 17.3 Å². The molecule has 2 amide bonds. The Balaban J connectivity index is 2.15. The molecule has 0 saturated heterocycles. The first kappa shape index (κ1) is 23.2. The lowest BCUT2D eigenvalue weighted by Gasteiger charge is -2.14. The second-order valence-electron chi connectivity index (χ2n) is 6.60. The summed E-state index contributed by atoms with van der Waals surface area (Å²) in [6.45, 7) is 1.09. The molecule has 0 bridgehead atoms. The summed E-state index contributed by atoms with van der Waals surface area (Å²) < 4.78 is 10.7. The van der Waals surface area contributed by atoms with E-state index in [4.69, 9.17) is 25.7 Å². The van der Waals surface area contributed by atoms with Crippen molar-refractivity contribution in [3.8, 4) is 11.5 Å². The van der Waals surface area contributed by atoms with Crippen molar-refractivity contribution >= 4 is 23.6 Å². The Labute approximate surface area is 178 Å². The van der Waals surface area contributed by atoms with Gasteiger partial charge in [0, 0.05) is 30.3 Å². The number of rotatable bonds is 10. The van der Waals surface area contributed by atoms with Gasteiger partial charge in [-0.2, -0.15) is 0 Å². The van der Waals surface area contributed by atoms with E-state index in [-0.39, 0.29) is 30.6 Å². The van der Waals surface area contributed by atoms with E-state index in [1.807, 2.05) is 0 Å². The Morgan fingerprint density at radius 1 is 1.06 bits per heavy atom. The Hall–Kier alpha value is -4.08. The topological polar surface area (TPSA) is 164 Å². The number of aryl methyl sites for hydroxylation is 1. The van der Waals surface area contributed by atoms with E-state index in [0.29, 0.717) is 22.4 Å². The summed E-state index contributed by atoms with van der Waals surface area (Å²) in [6.07, 6.45) is 0. The van der Waals surface area contributed by atoms with Crippen molar-refractivity contribution in [2.45, 2.75) is 13.5 Å². The summed E-state index contributed by atoms with van der Waals surface area (Å²) in [7, 11) is 1.48. The molecule has 0 aliphatic carbocycles. The molecule has 0 aliphatic heterocycles. The van der Waals surface area contributed by atoms with Crippen molar-refractivity contribution in [1.29, 1.82) is 5.41 Å². The van der Waals surface area contributed by atoms with Gasteiger partial charge >= 0.3 is 5.97 Å². The minimum atomic E-state index is -1.12. The molecule has 0 spiro atoms. The lowest BCUT2D eigenvalue weighted by molar-refractivity contribution is -0.139. The first-order chi connectivity index (χ1) is 14.7. The molecule has 2 aromatic rings. The number of likely N-dealkylation sites (N-methyl/N-ethyl adjacent to an activating group) is 1. The number of benzene rings is 2. The van der Waals surface area contributed by atoms with Gasteiger partial charge in [-0.1, -0.05) is 12.1 Å². The largest absolute Gasteiger partial charge is 0.483 e. The highest BCUT2D eigenvalue weighted by atomic mass is 16.5. The molecule has 31 heavy (non-hydrogen) atoms. The van der Waals surface area contributed by atoms with Gasteiger partial charge in [-0.15, -0.1) is 0 Å². The molecule has 2 rings (SSSR count). The Kier molecular flexibility index (Phi) is 7.95.